The molecular formula is C21H18N2O5S. The zero-order chi connectivity index (χ0) is 20.3. The van der Waals surface area contributed by atoms with Crippen LogP contribution in [0.15, 0.2) is 23.1 Å². The lowest BCUT2D eigenvalue weighted by molar-refractivity contribution is 0.0695. The number of aromatic nitrogens is 1. The fourth-order valence-corrected chi connectivity index (χ4v) is 5.18. The minimum absolute atomic E-state index is 0.0785. The molecule has 2 aliphatic rings. The summed E-state index contributed by atoms with van der Waals surface area (Å²) in [6.07, 6.45) is 3.22. The Balaban J connectivity index is 1.82. The second-order valence-corrected chi connectivity index (χ2v) is 8.45. The number of carboxylic acid groups (broad SMARTS) is 1. The zero-order valence-electron chi connectivity index (χ0n) is 15.6. The first-order chi connectivity index (χ1) is 14.0. The number of hydrogen-bond acceptors (Lipinski definition) is 6. The quantitative estimate of drug-likeness (QED) is 0.610. The molecule has 1 saturated carbocycles. The molecule has 0 bridgehead atoms. The molecule has 1 aliphatic heterocycles. The van der Waals surface area contributed by atoms with Crippen molar-refractivity contribution in [2.24, 2.45) is 0 Å². The van der Waals surface area contributed by atoms with Crippen molar-refractivity contribution in [3.63, 3.8) is 0 Å². The Labute approximate surface area is 169 Å². The summed E-state index contributed by atoms with van der Waals surface area (Å²) in [7, 11) is 1.54. The van der Waals surface area contributed by atoms with Crippen molar-refractivity contribution in [1.29, 1.82) is 0 Å². The number of carbonyl (C=O) groups is 2. The summed E-state index contributed by atoms with van der Waals surface area (Å²) in [5, 5.41) is 12.7. The normalized spacial score (nSPS) is 16.1. The summed E-state index contributed by atoms with van der Waals surface area (Å²) >= 11 is 1.45. The summed E-state index contributed by atoms with van der Waals surface area (Å²) < 4.78 is 5.73. The molecule has 0 unspecified atom stereocenters. The van der Waals surface area contributed by atoms with Crippen molar-refractivity contribution in [3.05, 3.63) is 50.1 Å². The van der Waals surface area contributed by atoms with E-state index in [1.807, 2.05) is 6.07 Å². The Morgan fingerprint density at radius 3 is 2.69 bits per heavy atom. The standard InChI is InChI=1S/C21H18N2O5S/c1-28-19-16(15-4-10-6-22-8-14(24)20(10)29-15)11(9-2-3-9)5-12-17(19)23-7-13(18(12)25)21(26)27/h4-5,7,9,22H,2-3,6,8H2,1H3,(H,23,25)(H,26,27). The number of H-pyrrole nitrogens is 1. The first-order valence-corrected chi connectivity index (χ1v) is 10.2. The molecule has 7 nitrogen and oxygen atoms in total. The number of carboxylic acids is 1. The highest BCUT2D eigenvalue weighted by molar-refractivity contribution is 7.17. The average molecular weight is 410 g/mol. The van der Waals surface area contributed by atoms with Crippen molar-refractivity contribution in [1.82, 2.24) is 10.3 Å². The zero-order valence-corrected chi connectivity index (χ0v) is 16.4. The van der Waals surface area contributed by atoms with E-state index in [-0.39, 0.29) is 11.3 Å². The van der Waals surface area contributed by atoms with Crippen LogP contribution in [0.2, 0.25) is 0 Å². The fraction of sp³-hybridized carbons (Fsp3) is 0.286. The molecule has 0 atom stereocenters. The molecule has 2 aromatic heterocycles. The van der Waals surface area contributed by atoms with Gasteiger partial charge in [0.25, 0.3) is 0 Å². The number of aromatic amines is 1. The molecule has 0 radical (unpaired) electrons. The Bertz CT molecular complexity index is 1250. The number of thiophene rings is 1. The van der Waals surface area contributed by atoms with Gasteiger partial charge >= 0.3 is 5.97 Å². The monoisotopic (exact) mass is 410 g/mol. The highest BCUT2D eigenvalue weighted by Crippen LogP contribution is 2.51. The highest BCUT2D eigenvalue weighted by atomic mass is 32.1. The van der Waals surface area contributed by atoms with Crippen LogP contribution in [-0.4, -0.2) is 35.5 Å². The maximum Gasteiger partial charge on any atom is 0.341 e. The van der Waals surface area contributed by atoms with Gasteiger partial charge in [-0.3, -0.25) is 9.59 Å². The third-order valence-electron chi connectivity index (χ3n) is 5.52. The van der Waals surface area contributed by atoms with E-state index in [0.29, 0.717) is 35.7 Å². The van der Waals surface area contributed by atoms with E-state index in [4.69, 9.17) is 4.74 Å². The topological polar surface area (TPSA) is 108 Å². The molecular weight excluding hydrogens is 392 g/mol. The lowest BCUT2D eigenvalue weighted by Gasteiger charge is -2.16. The van der Waals surface area contributed by atoms with E-state index in [1.54, 1.807) is 13.2 Å². The van der Waals surface area contributed by atoms with Gasteiger partial charge in [0.2, 0.25) is 5.43 Å². The van der Waals surface area contributed by atoms with Crippen LogP contribution in [0.3, 0.4) is 0 Å². The second kappa shape index (κ2) is 6.53. The number of nitrogens with one attached hydrogen (secondary N) is 2. The maximum absolute atomic E-state index is 12.8. The van der Waals surface area contributed by atoms with Crippen LogP contribution in [0.25, 0.3) is 21.3 Å². The molecule has 148 valence electrons. The van der Waals surface area contributed by atoms with Gasteiger partial charge in [-0.25, -0.2) is 4.79 Å². The fourth-order valence-electron chi connectivity index (χ4n) is 4.00. The lowest BCUT2D eigenvalue weighted by atomic mass is 9.96. The van der Waals surface area contributed by atoms with Crippen molar-refractivity contribution in [3.8, 4) is 16.2 Å². The number of rotatable bonds is 4. The molecule has 3 heterocycles. The van der Waals surface area contributed by atoms with Gasteiger partial charge in [-0.2, -0.15) is 0 Å². The van der Waals surface area contributed by atoms with E-state index in [1.165, 1.54) is 17.5 Å². The molecule has 0 spiro atoms. The number of Topliss-reactive ketones (excluding diaryl/α,β-unsaturated/α-hetero) is 1. The van der Waals surface area contributed by atoms with Crippen molar-refractivity contribution in [2.75, 3.05) is 13.7 Å². The number of ether oxygens (including phenoxy) is 1. The van der Waals surface area contributed by atoms with E-state index in [2.05, 4.69) is 10.3 Å². The van der Waals surface area contributed by atoms with Crippen molar-refractivity contribution < 1.29 is 19.4 Å². The molecule has 1 fully saturated rings. The van der Waals surface area contributed by atoms with Crippen LogP contribution < -0.4 is 15.5 Å². The Morgan fingerprint density at radius 2 is 2.03 bits per heavy atom. The Morgan fingerprint density at radius 1 is 1.24 bits per heavy atom. The lowest BCUT2D eigenvalue weighted by Crippen LogP contribution is -2.28. The minimum atomic E-state index is -1.26. The van der Waals surface area contributed by atoms with Crippen LogP contribution >= 0.6 is 11.3 Å². The van der Waals surface area contributed by atoms with Gasteiger partial charge in [0, 0.05) is 23.2 Å². The summed E-state index contributed by atoms with van der Waals surface area (Å²) in [6, 6.07) is 3.82. The summed E-state index contributed by atoms with van der Waals surface area (Å²) in [4.78, 5) is 41.1. The third-order valence-corrected chi connectivity index (χ3v) is 6.76. The van der Waals surface area contributed by atoms with Gasteiger partial charge in [-0.05, 0) is 42.0 Å². The second-order valence-electron chi connectivity index (χ2n) is 7.40. The third kappa shape index (κ3) is 2.79. The van der Waals surface area contributed by atoms with Gasteiger partial charge in [0.1, 0.15) is 5.56 Å². The molecule has 3 aromatic rings. The summed E-state index contributed by atoms with van der Waals surface area (Å²) in [5.41, 5.74) is 2.48. The number of ketones is 1. The van der Waals surface area contributed by atoms with Crippen molar-refractivity contribution >= 4 is 34.0 Å². The van der Waals surface area contributed by atoms with Crippen LogP contribution in [0, 0.1) is 0 Å². The smallest absolute Gasteiger partial charge is 0.341 e. The van der Waals surface area contributed by atoms with E-state index in [0.717, 1.165) is 39.3 Å². The maximum atomic E-state index is 12.8. The number of methoxy groups -OCH3 is 1. The van der Waals surface area contributed by atoms with Gasteiger partial charge in [0.05, 0.1) is 29.4 Å². The Hall–Kier alpha value is -2.97. The van der Waals surface area contributed by atoms with Gasteiger partial charge in [-0.15, -0.1) is 11.3 Å². The summed E-state index contributed by atoms with van der Waals surface area (Å²) in [5.74, 6) is -0.377. The van der Waals surface area contributed by atoms with Crippen LogP contribution in [0.4, 0.5) is 0 Å². The highest BCUT2D eigenvalue weighted by Gasteiger charge is 2.32. The largest absolute Gasteiger partial charge is 0.494 e. The minimum Gasteiger partial charge on any atom is -0.494 e. The molecule has 1 aromatic carbocycles. The first-order valence-electron chi connectivity index (χ1n) is 9.36. The number of pyridine rings is 1. The SMILES string of the molecule is COc1c(-c2cc3c(s2)C(=O)CNC3)c(C2CC2)cc2c(=O)c(C(=O)O)c[nH]c12. The average Bonchev–Trinajstić information content (AvgIpc) is 3.45. The van der Waals surface area contributed by atoms with Gasteiger partial charge in [-0.1, -0.05) is 0 Å². The predicted molar refractivity (Wildman–Crippen MR) is 109 cm³/mol. The van der Waals surface area contributed by atoms with E-state index < -0.39 is 11.4 Å². The van der Waals surface area contributed by atoms with E-state index >= 15 is 0 Å². The van der Waals surface area contributed by atoms with Gasteiger partial charge < -0.3 is 20.1 Å². The molecule has 3 N–H and O–H groups in total. The number of fused-ring (bicyclic) bond motifs is 2. The number of aromatic carboxylic acids is 1. The molecule has 0 saturated heterocycles. The molecule has 5 rings (SSSR count). The van der Waals surface area contributed by atoms with Gasteiger partial charge in [0.15, 0.2) is 11.5 Å². The van der Waals surface area contributed by atoms with Crippen LogP contribution in [0.1, 0.15) is 49.9 Å². The Kier molecular flexibility index (Phi) is 4.07. The molecule has 8 heteroatoms. The van der Waals surface area contributed by atoms with Crippen LogP contribution in [-0.2, 0) is 6.54 Å². The van der Waals surface area contributed by atoms with Crippen LogP contribution in [0.5, 0.6) is 5.75 Å². The first kappa shape index (κ1) is 18.1. The number of hydrogen-bond donors (Lipinski definition) is 3. The van der Waals surface area contributed by atoms with E-state index in [9.17, 15) is 19.5 Å². The molecule has 1 aliphatic carbocycles. The molecule has 29 heavy (non-hydrogen) atoms. The van der Waals surface area contributed by atoms with Crippen molar-refractivity contribution in [2.45, 2.75) is 25.3 Å². The summed E-state index contributed by atoms with van der Waals surface area (Å²) in [6.45, 7) is 0.980. The predicted octanol–water partition coefficient (Wildman–Crippen LogP) is 3.13. The number of carbonyl (C=O) groups excluding carboxylic acids is 1. The molecule has 0 amide bonds. The number of benzene rings is 1.